The average Bonchev–Trinajstić information content (AvgIpc) is 2.61. The maximum atomic E-state index is 11.2. The molecule has 0 bridgehead atoms. The molecule has 5 nitrogen and oxygen atoms in total. The molecule has 2 N–H and O–H groups in total. The number of carbonyl (C=O) groups excluding carboxylic acids is 1. The molecule has 0 aliphatic heterocycles. The van der Waals surface area contributed by atoms with Crippen LogP contribution in [0.25, 0.3) is 10.9 Å². The first kappa shape index (κ1) is 13.3. The summed E-state index contributed by atoms with van der Waals surface area (Å²) in [6.07, 6.45) is 0.221. The predicted octanol–water partition coefficient (Wildman–Crippen LogP) is 1.53. The van der Waals surface area contributed by atoms with Crippen LogP contribution in [0.4, 0.5) is 0 Å². The minimum atomic E-state index is -0.342. The van der Waals surface area contributed by atoms with Crippen molar-refractivity contribution in [1.82, 2.24) is 4.57 Å². The fraction of sp³-hybridized carbons (Fsp3) is 0.357. The average molecular weight is 262 g/mol. The first-order valence-electron chi connectivity index (χ1n) is 5.97. The Morgan fingerprint density at radius 3 is 2.37 bits per heavy atom. The van der Waals surface area contributed by atoms with Crippen molar-refractivity contribution in [2.24, 2.45) is 12.8 Å². The third-order valence-corrected chi connectivity index (χ3v) is 3.48. The largest absolute Gasteiger partial charge is 0.493 e. The zero-order chi connectivity index (χ0) is 14.2. The van der Waals surface area contributed by atoms with Crippen LogP contribution in [-0.2, 0) is 18.3 Å². The molecule has 0 aliphatic rings. The van der Waals surface area contributed by atoms with E-state index >= 15 is 0 Å². The van der Waals surface area contributed by atoms with E-state index in [1.165, 1.54) is 0 Å². The van der Waals surface area contributed by atoms with Gasteiger partial charge in [-0.05, 0) is 18.6 Å². The highest BCUT2D eigenvalue weighted by Crippen LogP contribution is 2.35. The number of primary amides is 1. The van der Waals surface area contributed by atoms with Gasteiger partial charge in [0.1, 0.15) is 0 Å². The summed E-state index contributed by atoms with van der Waals surface area (Å²) in [7, 11) is 5.14. The number of aromatic nitrogens is 1. The van der Waals surface area contributed by atoms with Crippen molar-refractivity contribution in [3.05, 3.63) is 23.4 Å². The van der Waals surface area contributed by atoms with Crippen LogP contribution in [0.5, 0.6) is 11.5 Å². The Balaban J connectivity index is 2.76. The van der Waals surface area contributed by atoms with Crippen molar-refractivity contribution in [2.45, 2.75) is 13.3 Å². The zero-order valence-electron chi connectivity index (χ0n) is 11.6. The molecule has 0 saturated heterocycles. The zero-order valence-corrected chi connectivity index (χ0v) is 11.6. The second-order valence-electron chi connectivity index (χ2n) is 4.49. The van der Waals surface area contributed by atoms with Gasteiger partial charge in [0.05, 0.1) is 26.2 Å². The number of hydrogen-bond acceptors (Lipinski definition) is 3. The SMILES string of the molecule is COc1cc2c(CC(N)=O)c(C)n(C)c2cc1OC. The number of nitrogens with two attached hydrogens (primary N) is 1. The molecular weight excluding hydrogens is 244 g/mol. The summed E-state index contributed by atoms with van der Waals surface area (Å²) < 4.78 is 12.6. The summed E-state index contributed by atoms with van der Waals surface area (Å²) in [5.41, 5.74) is 8.26. The van der Waals surface area contributed by atoms with Gasteiger partial charge in [-0.25, -0.2) is 0 Å². The Morgan fingerprint density at radius 2 is 1.84 bits per heavy atom. The molecule has 0 radical (unpaired) electrons. The fourth-order valence-electron chi connectivity index (χ4n) is 2.36. The number of ether oxygens (including phenoxy) is 2. The van der Waals surface area contributed by atoms with Crippen LogP contribution in [-0.4, -0.2) is 24.7 Å². The van der Waals surface area contributed by atoms with Crippen molar-refractivity contribution in [1.29, 1.82) is 0 Å². The van der Waals surface area contributed by atoms with Crippen LogP contribution >= 0.6 is 0 Å². The monoisotopic (exact) mass is 262 g/mol. The molecule has 2 aromatic rings. The number of benzene rings is 1. The number of rotatable bonds is 4. The Labute approximate surface area is 111 Å². The molecule has 0 unspecified atom stereocenters. The first-order valence-corrected chi connectivity index (χ1v) is 5.97. The van der Waals surface area contributed by atoms with Crippen molar-refractivity contribution < 1.29 is 14.3 Å². The molecule has 0 fully saturated rings. The Bertz CT molecular complexity index is 644. The van der Waals surface area contributed by atoms with Crippen molar-refractivity contribution in [3.8, 4) is 11.5 Å². The van der Waals surface area contributed by atoms with Gasteiger partial charge in [-0.15, -0.1) is 0 Å². The molecule has 1 heterocycles. The standard InChI is InChI=1S/C14H18N2O3/c1-8-9(6-14(15)17)10-5-12(18-3)13(19-4)7-11(10)16(8)2/h5,7H,6H2,1-4H3,(H2,15,17). The van der Waals surface area contributed by atoms with E-state index in [4.69, 9.17) is 15.2 Å². The van der Waals surface area contributed by atoms with Crippen LogP contribution in [0.15, 0.2) is 12.1 Å². The molecule has 0 spiro atoms. The van der Waals surface area contributed by atoms with Gasteiger partial charge in [0.15, 0.2) is 11.5 Å². The number of amides is 1. The molecule has 102 valence electrons. The lowest BCUT2D eigenvalue weighted by atomic mass is 10.1. The second-order valence-corrected chi connectivity index (χ2v) is 4.49. The molecule has 1 amide bonds. The summed E-state index contributed by atoms with van der Waals surface area (Å²) in [6, 6.07) is 3.80. The Kier molecular flexibility index (Phi) is 3.38. The predicted molar refractivity (Wildman–Crippen MR) is 73.7 cm³/mol. The number of hydrogen-bond donors (Lipinski definition) is 1. The minimum absolute atomic E-state index is 0.221. The molecule has 5 heteroatoms. The van der Waals surface area contributed by atoms with Gasteiger partial charge >= 0.3 is 0 Å². The van der Waals surface area contributed by atoms with E-state index < -0.39 is 0 Å². The van der Waals surface area contributed by atoms with Gasteiger partial charge in [0, 0.05) is 24.2 Å². The Hall–Kier alpha value is -2.17. The van der Waals surface area contributed by atoms with E-state index in [0.29, 0.717) is 11.5 Å². The number of carbonyl (C=O) groups is 1. The Morgan fingerprint density at radius 1 is 1.26 bits per heavy atom. The van der Waals surface area contributed by atoms with Gasteiger partial charge in [-0.2, -0.15) is 0 Å². The van der Waals surface area contributed by atoms with Gasteiger partial charge in [-0.3, -0.25) is 4.79 Å². The molecular formula is C14H18N2O3. The molecule has 1 aromatic heterocycles. The van der Waals surface area contributed by atoms with Gasteiger partial charge in [0.2, 0.25) is 5.91 Å². The number of fused-ring (bicyclic) bond motifs is 1. The van der Waals surface area contributed by atoms with Crippen LogP contribution in [0.1, 0.15) is 11.3 Å². The summed E-state index contributed by atoms with van der Waals surface area (Å²) in [5.74, 6) is 0.970. The van der Waals surface area contributed by atoms with E-state index in [1.54, 1.807) is 14.2 Å². The summed E-state index contributed by atoms with van der Waals surface area (Å²) in [6.45, 7) is 1.97. The van der Waals surface area contributed by atoms with E-state index in [0.717, 1.165) is 22.2 Å². The molecule has 19 heavy (non-hydrogen) atoms. The molecule has 2 rings (SSSR count). The van der Waals surface area contributed by atoms with Crippen molar-refractivity contribution in [2.75, 3.05) is 14.2 Å². The lowest BCUT2D eigenvalue weighted by molar-refractivity contribution is -0.117. The fourth-order valence-corrected chi connectivity index (χ4v) is 2.36. The summed E-state index contributed by atoms with van der Waals surface area (Å²) in [4.78, 5) is 11.2. The lowest BCUT2D eigenvalue weighted by Gasteiger charge is -2.08. The van der Waals surface area contributed by atoms with Crippen LogP contribution in [0.3, 0.4) is 0 Å². The highest BCUT2D eigenvalue weighted by Gasteiger charge is 2.17. The number of nitrogens with zero attached hydrogens (tertiary/aromatic N) is 1. The van der Waals surface area contributed by atoms with E-state index in [9.17, 15) is 4.79 Å². The number of methoxy groups -OCH3 is 2. The van der Waals surface area contributed by atoms with Gasteiger partial charge in [-0.1, -0.05) is 0 Å². The van der Waals surface area contributed by atoms with Crippen molar-refractivity contribution >= 4 is 16.8 Å². The van der Waals surface area contributed by atoms with E-state index in [2.05, 4.69) is 0 Å². The van der Waals surface area contributed by atoms with Crippen LogP contribution < -0.4 is 15.2 Å². The maximum absolute atomic E-state index is 11.2. The maximum Gasteiger partial charge on any atom is 0.221 e. The van der Waals surface area contributed by atoms with Crippen LogP contribution in [0.2, 0.25) is 0 Å². The third kappa shape index (κ3) is 2.12. The normalized spacial score (nSPS) is 10.7. The van der Waals surface area contributed by atoms with Crippen LogP contribution in [0, 0.1) is 6.92 Å². The first-order chi connectivity index (χ1) is 8.99. The number of aryl methyl sites for hydroxylation is 1. The second kappa shape index (κ2) is 4.84. The third-order valence-electron chi connectivity index (χ3n) is 3.48. The van der Waals surface area contributed by atoms with E-state index in [-0.39, 0.29) is 12.3 Å². The minimum Gasteiger partial charge on any atom is -0.493 e. The highest BCUT2D eigenvalue weighted by molar-refractivity contribution is 5.92. The van der Waals surface area contributed by atoms with Gasteiger partial charge < -0.3 is 19.8 Å². The highest BCUT2D eigenvalue weighted by atomic mass is 16.5. The molecule has 0 atom stereocenters. The van der Waals surface area contributed by atoms with Gasteiger partial charge in [0.25, 0.3) is 0 Å². The summed E-state index contributed by atoms with van der Waals surface area (Å²) >= 11 is 0. The summed E-state index contributed by atoms with van der Waals surface area (Å²) in [5, 5.41) is 0.969. The smallest absolute Gasteiger partial charge is 0.221 e. The molecule has 0 saturated carbocycles. The molecule has 0 aliphatic carbocycles. The quantitative estimate of drug-likeness (QED) is 0.908. The lowest BCUT2D eigenvalue weighted by Crippen LogP contribution is -2.14. The molecule has 1 aromatic carbocycles. The van der Waals surface area contributed by atoms with E-state index in [1.807, 2.05) is 30.7 Å². The topological polar surface area (TPSA) is 66.5 Å². The van der Waals surface area contributed by atoms with Crippen molar-refractivity contribution in [3.63, 3.8) is 0 Å².